The normalized spacial score (nSPS) is 13.2. The zero-order valence-corrected chi connectivity index (χ0v) is 14.0. The first-order valence-corrected chi connectivity index (χ1v) is 7.44. The van der Waals surface area contributed by atoms with Crippen LogP contribution in [0.4, 0.5) is 0 Å². The highest BCUT2D eigenvalue weighted by atomic mass is 35.5. The van der Waals surface area contributed by atoms with E-state index in [2.05, 4.69) is 5.32 Å². The first kappa shape index (κ1) is 18.6. The molecule has 0 atom stereocenters. The Hall–Kier alpha value is -1.46. The van der Waals surface area contributed by atoms with E-state index >= 15 is 0 Å². The summed E-state index contributed by atoms with van der Waals surface area (Å²) >= 11 is 0. The summed E-state index contributed by atoms with van der Waals surface area (Å²) in [5.74, 6) is 1.46. The summed E-state index contributed by atoms with van der Waals surface area (Å²) in [4.78, 5) is 12.4. The molecule has 124 valence electrons. The quantitative estimate of drug-likeness (QED) is 0.783. The Balaban J connectivity index is 0.00000242. The second kappa shape index (κ2) is 8.25. The summed E-state index contributed by atoms with van der Waals surface area (Å²) in [5, 5.41) is 2.97. The lowest BCUT2D eigenvalue weighted by Crippen LogP contribution is -2.40. The van der Waals surface area contributed by atoms with Crippen LogP contribution >= 0.6 is 12.4 Å². The Morgan fingerprint density at radius 1 is 1.23 bits per heavy atom. The number of nitrogens with two attached hydrogens (primary N) is 1. The number of carbonyl (C=O) groups excluding carboxylic acids is 1. The number of benzene rings is 1. The van der Waals surface area contributed by atoms with Gasteiger partial charge in [0.25, 0.3) is 0 Å². The van der Waals surface area contributed by atoms with Crippen molar-refractivity contribution < 1.29 is 14.3 Å². The molecule has 0 saturated carbocycles. The first-order chi connectivity index (χ1) is 10.1. The molecule has 0 spiro atoms. The van der Waals surface area contributed by atoms with Crippen molar-refractivity contribution in [1.82, 2.24) is 5.32 Å². The van der Waals surface area contributed by atoms with Crippen LogP contribution in [-0.2, 0) is 10.2 Å². The average molecular weight is 329 g/mol. The highest BCUT2D eigenvalue weighted by Crippen LogP contribution is 2.35. The van der Waals surface area contributed by atoms with Crippen LogP contribution in [0.1, 0.15) is 32.3 Å². The van der Waals surface area contributed by atoms with Gasteiger partial charge < -0.3 is 20.5 Å². The second-order valence-electron chi connectivity index (χ2n) is 5.74. The summed E-state index contributed by atoms with van der Waals surface area (Å²) in [5.41, 5.74) is 5.76. The number of hydrogen-bond donors (Lipinski definition) is 2. The molecule has 1 heterocycles. The van der Waals surface area contributed by atoms with Gasteiger partial charge in [-0.2, -0.15) is 0 Å². The summed E-state index contributed by atoms with van der Waals surface area (Å²) in [6.45, 7) is 6.25. The Morgan fingerprint density at radius 2 is 1.91 bits per heavy atom. The fourth-order valence-corrected chi connectivity index (χ4v) is 2.26. The molecule has 0 saturated heterocycles. The van der Waals surface area contributed by atoms with Crippen molar-refractivity contribution in [3.8, 4) is 11.5 Å². The number of hydrogen-bond acceptors (Lipinski definition) is 4. The number of unbranched alkanes of at least 4 members (excludes halogenated alkanes) is 1. The smallest absolute Gasteiger partial charge is 0.230 e. The minimum absolute atomic E-state index is 0. The van der Waals surface area contributed by atoms with E-state index in [1.807, 2.05) is 32.0 Å². The molecule has 0 radical (unpaired) electrons. The van der Waals surface area contributed by atoms with Crippen LogP contribution in [0, 0.1) is 0 Å². The average Bonchev–Trinajstić information content (AvgIpc) is 2.50. The Labute approximate surface area is 138 Å². The van der Waals surface area contributed by atoms with Gasteiger partial charge in [0.05, 0.1) is 5.41 Å². The van der Waals surface area contributed by atoms with Crippen molar-refractivity contribution in [2.24, 2.45) is 5.73 Å². The van der Waals surface area contributed by atoms with Gasteiger partial charge in [-0.05, 0) is 50.9 Å². The molecule has 3 N–H and O–H groups in total. The molecule has 1 aromatic carbocycles. The fourth-order valence-electron chi connectivity index (χ4n) is 2.26. The number of amides is 1. The number of fused-ring (bicyclic) bond motifs is 1. The maximum absolute atomic E-state index is 12.4. The standard InChI is InChI=1S/C16H24N2O3.ClH/c1-16(2,15(19)18-8-4-3-7-17)12-5-6-13-14(11-12)21-10-9-20-13;/h5-6,11H,3-4,7-10,17H2,1-2H3,(H,18,19);1H. The lowest BCUT2D eigenvalue weighted by Gasteiger charge is -2.26. The second-order valence-corrected chi connectivity index (χ2v) is 5.74. The number of nitrogens with one attached hydrogen (secondary N) is 1. The van der Waals surface area contributed by atoms with Crippen LogP contribution in [0.5, 0.6) is 11.5 Å². The summed E-state index contributed by atoms with van der Waals surface area (Å²) < 4.78 is 11.1. The van der Waals surface area contributed by atoms with Gasteiger partial charge in [0, 0.05) is 6.54 Å². The Bertz CT molecular complexity index is 506. The van der Waals surface area contributed by atoms with Crippen LogP contribution < -0.4 is 20.5 Å². The topological polar surface area (TPSA) is 73.6 Å². The monoisotopic (exact) mass is 328 g/mol. The number of halogens is 1. The van der Waals surface area contributed by atoms with Gasteiger partial charge >= 0.3 is 0 Å². The zero-order chi connectivity index (χ0) is 15.3. The van der Waals surface area contributed by atoms with Crippen molar-refractivity contribution >= 4 is 18.3 Å². The molecule has 1 aromatic rings. The van der Waals surface area contributed by atoms with Gasteiger partial charge in [-0.3, -0.25) is 4.79 Å². The number of ether oxygens (including phenoxy) is 2. The van der Waals surface area contributed by atoms with Crippen molar-refractivity contribution in [3.05, 3.63) is 23.8 Å². The van der Waals surface area contributed by atoms with E-state index in [1.54, 1.807) is 0 Å². The third-order valence-electron chi connectivity index (χ3n) is 3.75. The van der Waals surface area contributed by atoms with Gasteiger partial charge in [-0.15, -0.1) is 12.4 Å². The molecule has 1 amide bonds. The van der Waals surface area contributed by atoms with Crippen LogP contribution in [0.2, 0.25) is 0 Å². The maximum Gasteiger partial charge on any atom is 0.230 e. The predicted octanol–water partition coefficient (Wildman–Crippen LogP) is 2.01. The fraction of sp³-hybridized carbons (Fsp3) is 0.562. The van der Waals surface area contributed by atoms with E-state index in [4.69, 9.17) is 15.2 Å². The van der Waals surface area contributed by atoms with Crippen molar-refractivity contribution in [3.63, 3.8) is 0 Å². The highest BCUT2D eigenvalue weighted by molar-refractivity contribution is 5.87. The minimum atomic E-state index is -0.613. The molecule has 0 bridgehead atoms. The molecular weight excluding hydrogens is 304 g/mol. The van der Waals surface area contributed by atoms with Crippen LogP contribution in [0.25, 0.3) is 0 Å². The molecule has 6 heteroatoms. The molecule has 0 fully saturated rings. The van der Waals surface area contributed by atoms with Crippen molar-refractivity contribution in [2.45, 2.75) is 32.1 Å². The molecule has 0 aromatic heterocycles. The molecule has 2 rings (SSSR count). The van der Waals surface area contributed by atoms with Crippen LogP contribution in [-0.4, -0.2) is 32.2 Å². The van der Waals surface area contributed by atoms with E-state index in [1.165, 1.54) is 0 Å². The zero-order valence-electron chi connectivity index (χ0n) is 13.2. The van der Waals surface area contributed by atoms with Crippen molar-refractivity contribution in [1.29, 1.82) is 0 Å². The molecular formula is C16H25ClN2O3. The number of rotatable bonds is 6. The van der Waals surface area contributed by atoms with Gasteiger partial charge in [-0.1, -0.05) is 6.07 Å². The van der Waals surface area contributed by atoms with E-state index in [9.17, 15) is 4.79 Å². The van der Waals surface area contributed by atoms with Crippen molar-refractivity contribution in [2.75, 3.05) is 26.3 Å². The maximum atomic E-state index is 12.4. The minimum Gasteiger partial charge on any atom is -0.486 e. The predicted molar refractivity (Wildman–Crippen MR) is 89.0 cm³/mol. The summed E-state index contributed by atoms with van der Waals surface area (Å²) in [6.07, 6.45) is 1.82. The molecule has 0 unspecified atom stereocenters. The summed E-state index contributed by atoms with van der Waals surface area (Å²) in [6, 6.07) is 5.69. The van der Waals surface area contributed by atoms with E-state index in [0.29, 0.717) is 32.1 Å². The van der Waals surface area contributed by atoms with E-state index in [0.717, 1.165) is 24.2 Å². The van der Waals surface area contributed by atoms with E-state index < -0.39 is 5.41 Å². The molecule has 22 heavy (non-hydrogen) atoms. The third-order valence-corrected chi connectivity index (χ3v) is 3.75. The lowest BCUT2D eigenvalue weighted by atomic mass is 9.83. The van der Waals surface area contributed by atoms with Crippen LogP contribution in [0.15, 0.2) is 18.2 Å². The van der Waals surface area contributed by atoms with Gasteiger partial charge in [0.15, 0.2) is 11.5 Å². The van der Waals surface area contributed by atoms with Gasteiger partial charge in [0.2, 0.25) is 5.91 Å². The largest absolute Gasteiger partial charge is 0.486 e. The lowest BCUT2D eigenvalue weighted by molar-refractivity contribution is -0.125. The molecule has 5 nitrogen and oxygen atoms in total. The Morgan fingerprint density at radius 3 is 2.59 bits per heavy atom. The Kier molecular flexibility index (Phi) is 6.97. The third kappa shape index (κ3) is 4.27. The number of carbonyl (C=O) groups is 1. The molecule has 1 aliphatic heterocycles. The first-order valence-electron chi connectivity index (χ1n) is 7.44. The molecule has 1 aliphatic rings. The highest BCUT2D eigenvalue weighted by Gasteiger charge is 2.30. The molecule has 0 aliphatic carbocycles. The van der Waals surface area contributed by atoms with Gasteiger partial charge in [-0.25, -0.2) is 0 Å². The van der Waals surface area contributed by atoms with Crippen LogP contribution in [0.3, 0.4) is 0 Å². The van der Waals surface area contributed by atoms with Gasteiger partial charge in [0.1, 0.15) is 13.2 Å². The summed E-state index contributed by atoms with van der Waals surface area (Å²) in [7, 11) is 0. The SMILES string of the molecule is CC(C)(C(=O)NCCCCN)c1ccc2c(c1)OCCO2.Cl. The van der Waals surface area contributed by atoms with E-state index in [-0.39, 0.29) is 18.3 Å².